The third-order valence-electron chi connectivity index (χ3n) is 3.08. The molecule has 1 aromatic rings. The van der Waals surface area contributed by atoms with E-state index in [1.165, 1.54) is 0 Å². The van der Waals surface area contributed by atoms with E-state index < -0.39 is 5.97 Å². The van der Waals surface area contributed by atoms with E-state index in [2.05, 4.69) is 11.8 Å². The van der Waals surface area contributed by atoms with Gasteiger partial charge in [0.25, 0.3) is 0 Å². The van der Waals surface area contributed by atoms with Crippen molar-refractivity contribution in [1.82, 2.24) is 4.90 Å². The van der Waals surface area contributed by atoms with E-state index in [0.29, 0.717) is 0 Å². The highest BCUT2D eigenvalue weighted by Crippen LogP contribution is 2.20. The summed E-state index contributed by atoms with van der Waals surface area (Å²) >= 11 is 0. The smallest absolute Gasteiger partial charge is 0.371 e. The second kappa shape index (κ2) is 7.53. The van der Waals surface area contributed by atoms with Crippen LogP contribution >= 0.6 is 12.4 Å². The Kier molecular flexibility index (Phi) is 6.34. The fourth-order valence-corrected chi connectivity index (χ4v) is 2.14. The second-order valence-electron chi connectivity index (χ2n) is 4.50. The highest BCUT2D eigenvalue weighted by Gasteiger charge is 2.18. The molecule has 1 saturated heterocycles. The van der Waals surface area contributed by atoms with Crippen LogP contribution in [0.5, 0.6) is 0 Å². The molecule has 1 aliphatic rings. The number of morpholine rings is 1. The van der Waals surface area contributed by atoms with Crippen LogP contribution in [0, 0.1) is 0 Å². The number of furan rings is 1. The summed E-state index contributed by atoms with van der Waals surface area (Å²) in [5.74, 6) is -0.149. The Balaban J connectivity index is 0.00000180. The predicted octanol–water partition coefficient (Wildman–Crippen LogP) is 2.18. The predicted molar refractivity (Wildman–Crippen MR) is 73.0 cm³/mol. The van der Waals surface area contributed by atoms with Gasteiger partial charge >= 0.3 is 5.97 Å². The van der Waals surface area contributed by atoms with E-state index in [9.17, 15) is 4.79 Å². The van der Waals surface area contributed by atoms with Gasteiger partial charge in [-0.15, -0.1) is 12.4 Å². The average molecular weight is 290 g/mol. The molecule has 0 bridgehead atoms. The summed E-state index contributed by atoms with van der Waals surface area (Å²) in [6.45, 7) is 6.06. The maximum absolute atomic E-state index is 10.9. The van der Waals surface area contributed by atoms with Crippen molar-refractivity contribution in [2.45, 2.75) is 26.3 Å². The molecule has 0 radical (unpaired) electrons. The molecule has 0 aromatic carbocycles. The van der Waals surface area contributed by atoms with Crippen molar-refractivity contribution in [3.63, 3.8) is 0 Å². The van der Waals surface area contributed by atoms with Crippen LogP contribution in [-0.4, -0.2) is 42.3 Å². The number of ether oxygens (including phenoxy) is 1. The van der Waals surface area contributed by atoms with Crippen molar-refractivity contribution in [3.05, 3.63) is 23.2 Å². The zero-order valence-corrected chi connectivity index (χ0v) is 11.9. The standard InChI is InChI=1S/C13H19NO4.ClH/c1-2-3-11-10(8-12(18-11)13(15)16)9-14-4-6-17-7-5-14;/h8H,2-7,9H2,1H3,(H,15,16);1H. The highest BCUT2D eigenvalue weighted by atomic mass is 35.5. The zero-order chi connectivity index (χ0) is 13.0. The topological polar surface area (TPSA) is 62.9 Å². The number of aromatic carboxylic acids is 1. The SMILES string of the molecule is CCCc1oc(C(=O)O)cc1CN1CCOCC1.Cl. The maximum atomic E-state index is 10.9. The molecule has 2 rings (SSSR count). The number of carbonyl (C=O) groups is 1. The van der Waals surface area contributed by atoms with Crippen molar-refractivity contribution in [2.75, 3.05) is 26.3 Å². The van der Waals surface area contributed by atoms with Crippen LogP contribution in [0.25, 0.3) is 0 Å². The molecule has 2 heterocycles. The molecule has 0 aliphatic carbocycles. The van der Waals surface area contributed by atoms with Crippen LogP contribution in [0.2, 0.25) is 0 Å². The molecule has 1 fully saturated rings. The van der Waals surface area contributed by atoms with Crippen LogP contribution in [0.4, 0.5) is 0 Å². The number of nitrogens with zero attached hydrogens (tertiary/aromatic N) is 1. The maximum Gasteiger partial charge on any atom is 0.371 e. The lowest BCUT2D eigenvalue weighted by molar-refractivity contribution is 0.0339. The Bertz CT molecular complexity index is 413. The minimum absolute atomic E-state index is 0. The van der Waals surface area contributed by atoms with E-state index in [1.54, 1.807) is 6.07 Å². The van der Waals surface area contributed by atoms with Crippen LogP contribution in [-0.2, 0) is 17.7 Å². The number of hydrogen-bond donors (Lipinski definition) is 1. The minimum Gasteiger partial charge on any atom is -0.475 e. The summed E-state index contributed by atoms with van der Waals surface area (Å²) in [6, 6.07) is 1.66. The minimum atomic E-state index is -0.999. The molecular formula is C13H20ClNO4. The summed E-state index contributed by atoms with van der Waals surface area (Å²) in [5.41, 5.74) is 0.996. The largest absolute Gasteiger partial charge is 0.475 e. The van der Waals surface area contributed by atoms with E-state index in [4.69, 9.17) is 14.3 Å². The summed E-state index contributed by atoms with van der Waals surface area (Å²) in [6.07, 6.45) is 1.73. The van der Waals surface area contributed by atoms with Gasteiger partial charge in [0, 0.05) is 31.6 Å². The second-order valence-corrected chi connectivity index (χ2v) is 4.50. The third kappa shape index (κ3) is 4.23. The number of carboxylic acids is 1. The van der Waals surface area contributed by atoms with E-state index >= 15 is 0 Å². The first-order valence-corrected chi connectivity index (χ1v) is 6.35. The number of carboxylic acid groups (broad SMARTS) is 1. The normalized spacial score (nSPS) is 16.1. The molecule has 0 spiro atoms. The van der Waals surface area contributed by atoms with Gasteiger partial charge in [0.15, 0.2) is 0 Å². The average Bonchev–Trinajstić information content (AvgIpc) is 2.75. The number of hydrogen-bond acceptors (Lipinski definition) is 4. The van der Waals surface area contributed by atoms with Gasteiger partial charge in [-0.25, -0.2) is 4.79 Å². The molecule has 1 N–H and O–H groups in total. The summed E-state index contributed by atoms with van der Waals surface area (Å²) in [4.78, 5) is 13.2. The summed E-state index contributed by atoms with van der Waals surface area (Å²) in [5, 5.41) is 8.97. The zero-order valence-electron chi connectivity index (χ0n) is 11.1. The van der Waals surface area contributed by atoms with Crippen LogP contribution < -0.4 is 0 Å². The van der Waals surface area contributed by atoms with Crippen LogP contribution in [0.1, 0.15) is 35.2 Å². The molecule has 0 saturated carbocycles. The van der Waals surface area contributed by atoms with E-state index in [0.717, 1.165) is 57.0 Å². The molecule has 108 valence electrons. The van der Waals surface area contributed by atoms with Crippen molar-refractivity contribution >= 4 is 18.4 Å². The highest BCUT2D eigenvalue weighted by molar-refractivity contribution is 5.85. The number of halogens is 1. The van der Waals surface area contributed by atoms with Gasteiger partial charge in [-0.2, -0.15) is 0 Å². The lowest BCUT2D eigenvalue weighted by Crippen LogP contribution is -2.35. The lowest BCUT2D eigenvalue weighted by Gasteiger charge is -2.26. The Morgan fingerprint density at radius 3 is 2.68 bits per heavy atom. The van der Waals surface area contributed by atoms with Crippen LogP contribution in [0.15, 0.2) is 10.5 Å². The lowest BCUT2D eigenvalue weighted by atomic mass is 10.1. The molecular weight excluding hydrogens is 270 g/mol. The van der Waals surface area contributed by atoms with Gasteiger partial charge in [0.05, 0.1) is 13.2 Å². The Hall–Kier alpha value is -1.04. The van der Waals surface area contributed by atoms with Crippen molar-refractivity contribution in [1.29, 1.82) is 0 Å². The third-order valence-corrected chi connectivity index (χ3v) is 3.08. The van der Waals surface area contributed by atoms with Gasteiger partial charge in [0.1, 0.15) is 5.76 Å². The molecule has 0 amide bonds. The quantitative estimate of drug-likeness (QED) is 0.900. The summed E-state index contributed by atoms with van der Waals surface area (Å²) < 4.78 is 10.7. The monoisotopic (exact) mass is 289 g/mol. The molecule has 6 heteroatoms. The van der Waals surface area contributed by atoms with Gasteiger partial charge in [-0.1, -0.05) is 6.92 Å². The number of aryl methyl sites for hydroxylation is 1. The molecule has 1 aromatic heterocycles. The van der Waals surface area contributed by atoms with E-state index in [1.807, 2.05) is 0 Å². The van der Waals surface area contributed by atoms with Gasteiger partial charge < -0.3 is 14.3 Å². The Labute approximate surface area is 118 Å². The Morgan fingerprint density at radius 1 is 1.42 bits per heavy atom. The fraction of sp³-hybridized carbons (Fsp3) is 0.615. The molecule has 5 nitrogen and oxygen atoms in total. The van der Waals surface area contributed by atoms with Crippen molar-refractivity contribution in [2.24, 2.45) is 0 Å². The Morgan fingerprint density at radius 2 is 2.11 bits per heavy atom. The molecule has 1 aliphatic heterocycles. The first kappa shape index (κ1) is 16.0. The van der Waals surface area contributed by atoms with Gasteiger partial charge in [-0.3, -0.25) is 4.90 Å². The van der Waals surface area contributed by atoms with Crippen molar-refractivity contribution < 1.29 is 19.1 Å². The van der Waals surface area contributed by atoms with Gasteiger partial charge in [-0.05, 0) is 12.5 Å². The molecule has 0 unspecified atom stereocenters. The fourth-order valence-electron chi connectivity index (χ4n) is 2.14. The first-order valence-electron chi connectivity index (χ1n) is 6.35. The molecule has 19 heavy (non-hydrogen) atoms. The first-order chi connectivity index (χ1) is 8.70. The van der Waals surface area contributed by atoms with E-state index in [-0.39, 0.29) is 18.2 Å². The molecule has 0 atom stereocenters. The number of rotatable bonds is 5. The summed E-state index contributed by atoms with van der Waals surface area (Å²) in [7, 11) is 0. The van der Waals surface area contributed by atoms with Crippen molar-refractivity contribution in [3.8, 4) is 0 Å². The van der Waals surface area contributed by atoms with Gasteiger partial charge in [0.2, 0.25) is 5.76 Å². The van der Waals surface area contributed by atoms with Crippen LogP contribution in [0.3, 0.4) is 0 Å².